The number of piperazine rings is 1. The van der Waals surface area contributed by atoms with Gasteiger partial charge in [0.1, 0.15) is 0 Å². The number of hydrogen-bond acceptors (Lipinski definition) is 3. The lowest BCUT2D eigenvalue weighted by Gasteiger charge is -2.36. The third-order valence-electron chi connectivity index (χ3n) is 6.65. The van der Waals surface area contributed by atoms with Crippen molar-refractivity contribution in [2.24, 2.45) is 5.92 Å². The van der Waals surface area contributed by atoms with Gasteiger partial charge in [-0.3, -0.25) is 9.59 Å². The van der Waals surface area contributed by atoms with Crippen LogP contribution in [0.1, 0.15) is 54.9 Å². The Morgan fingerprint density at radius 1 is 1.00 bits per heavy atom. The summed E-state index contributed by atoms with van der Waals surface area (Å²) in [6.07, 6.45) is 7.05. The van der Waals surface area contributed by atoms with E-state index in [1.54, 1.807) is 0 Å². The first-order valence-electron chi connectivity index (χ1n) is 10.6. The van der Waals surface area contributed by atoms with Gasteiger partial charge in [-0.25, -0.2) is 0 Å². The maximum atomic E-state index is 12.9. The third kappa shape index (κ3) is 3.88. The summed E-state index contributed by atoms with van der Waals surface area (Å²) in [4.78, 5) is 29.5. The number of benzene rings is 1. The van der Waals surface area contributed by atoms with E-state index in [-0.39, 0.29) is 17.9 Å². The Labute approximate surface area is 162 Å². The molecule has 5 heteroatoms. The molecular weight excluding hydrogens is 338 g/mol. The first kappa shape index (κ1) is 18.5. The van der Waals surface area contributed by atoms with Gasteiger partial charge in [0, 0.05) is 37.8 Å². The Morgan fingerprint density at radius 3 is 2.33 bits per heavy atom. The number of nitrogens with one attached hydrogen (secondary N) is 1. The Balaban J connectivity index is 1.30. The van der Waals surface area contributed by atoms with Gasteiger partial charge in [0.25, 0.3) is 5.91 Å². The van der Waals surface area contributed by atoms with Crippen LogP contribution in [0.2, 0.25) is 0 Å². The molecule has 1 aromatic rings. The average Bonchev–Trinajstić information content (AvgIpc) is 3.17. The van der Waals surface area contributed by atoms with E-state index in [1.165, 1.54) is 31.2 Å². The van der Waals surface area contributed by atoms with E-state index in [0.29, 0.717) is 38.1 Å². The van der Waals surface area contributed by atoms with Crippen molar-refractivity contribution in [1.82, 2.24) is 15.1 Å². The Hall–Kier alpha value is -1.88. The molecule has 2 heterocycles. The van der Waals surface area contributed by atoms with Crippen molar-refractivity contribution in [2.45, 2.75) is 57.5 Å². The molecule has 0 spiro atoms. The van der Waals surface area contributed by atoms with Crippen LogP contribution in [0.15, 0.2) is 24.3 Å². The van der Waals surface area contributed by atoms with Gasteiger partial charge in [-0.05, 0) is 49.3 Å². The smallest absolute Gasteiger partial charge is 0.253 e. The minimum atomic E-state index is -0.0121. The van der Waals surface area contributed by atoms with Crippen molar-refractivity contribution >= 4 is 11.8 Å². The van der Waals surface area contributed by atoms with Gasteiger partial charge in [-0.1, -0.05) is 31.9 Å². The highest BCUT2D eigenvalue weighted by Crippen LogP contribution is 2.33. The molecule has 3 fully saturated rings. The minimum absolute atomic E-state index is 0.0121. The van der Waals surface area contributed by atoms with Crippen LogP contribution in [0.5, 0.6) is 0 Å². The monoisotopic (exact) mass is 369 g/mol. The maximum absolute atomic E-state index is 12.9. The van der Waals surface area contributed by atoms with Crippen LogP contribution in [-0.4, -0.2) is 59.9 Å². The molecule has 1 N–H and O–H groups in total. The van der Waals surface area contributed by atoms with Gasteiger partial charge in [-0.15, -0.1) is 0 Å². The van der Waals surface area contributed by atoms with Crippen LogP contribution < -0.4 is 5.32 Å². The van der Waals surface area contributed by atoms with Crippen molar-refractivity contribution in [3.63, 3.8) is 0 Å². The van der Waals surface area contributed by atoms with Crippen LogP contribution in [0.25, 0.3) is 0 Å². The summed E-state index contributed by atoms with van der Waals surface area (Å²) >= 11 is 0. The van der Waals surface area contributed by atoms with E-state index in [0.717, 1.165) is 18.4 Å². The van der Waals surface area contributed by atoms with E-state index in [9.17, 15) is 9.59 Å². The summed E-state index contributed by atoms with van der Waals surface area (Å²) < 4.78 is 0. The van der Waals surface area contributed by atoms with E-state index in [1.807, 2.05) is 34.1 Å². The Morgan fingerprint density at radius 2 is 1.67 bits per heavy atom. The molecule has 2 amide bonds. The molecule has 146 valence electrons. The van der Waals surface area contributed by atoms with Gasteiger partial charge < -0.3 is 15.1 Å². The predicted molar refractivity (Wildman–Crippen MR) is 106 cm³/mol. The summed E-state index contributed by atoms with van der Waals surface area (Å²) in [5.41, 5.74) is 1.99. The highest BCUT2D eigenvalue weighted by atomic mass is 16.2. The molecule has 5 nitrogen and oxygen atoms in total. The SMILES string of the molecule is CCc1ccc(C(=O)N2CCN(C(=O)C3CC4CCCCC4N3)CC2)cc1. The zero-order valence-electron chi connectivity index (χ0n) is 16.3. The Kier molecular flexibility index (Phi) is 5.48. The zero-order valence-corrected chi connectivity index (χ0v) is 16.3. The van der Waals surface area contributed by atoms with Crippen LogP contribution in [0, 0.1) is 5.92 Å². The lowest BCUT2D eigenvalue weighted by Crippen LogP contribution is -2.54. The lowest BCUT2D eigenvalue weighted by molar-refractivity contribution is -0.134. The van der Waals surface area contributed by atoms with Crippen molar-refractivity contribution < 1.29 is 9.59 Å². The van der Waals surface area contributed by atoms with Gasteiger partial charge in [0.15, 0.2) is 0 Å². The molecule has 3 aliphatic rings. The van der Waals surface area contributed by atoms with Gasteiger partial charge in [0.05, 0.1) is 6.04 Å². The van der Waals surface area contributed by atoms with E-state index in [2.05, 4.69) is 12.2 Å². The highest BCUT2D eigenvalue weighted by Gasteiger charge is 2.40. The number of fused-ring (bicyclic) bond motifs is 1. The van der Waals surface area contributed by atoms with Crippen LogP contribution in [0.4, 0.5) is 0 Å². The number of rotatable bonds is 3. The summed E-state index contributed by atoms with van der Waals surface area (Å²) in [5.74, 6) is 1.00. The van der Waals surface area contributed by atoms with E-state index < -0.39 is 0 Å². The molecule has 0 bridgehead atoms. The average molecular weight is 370 g/mol. The molecule has 2 aliphatic heterocycles. The number of carbonyl (C=O) groups is 2. The molecule has 3 unspecified atom stereocenters. The fourth-order valence-corrected chi connectivity index (χ4v) is 4.93. The summed E-state index contributed by atoms with van der Waals surface area (Å²) in [6.45, 7) is 4.65. The largest absolute Gasteiger partial charge is 0.338 e. The minimum Gasteiger partial charge on any atom is -0.338 e. The molecule has 1 aliphatic carbocycles. The molecule has 27 heavy (non-hydrogen) atoms. The predicted octanol–water partition coefficient (Wildman–Crippen LogP) is 2.45. The number of hydrogen-bond donors (Lipinski definition) is 1. The van der Waals surface area contributed by atoms with Crippen molar-refractivity contribution in [3.8, 4) is 0 Å². The Bertz CT molecular complexity index is 665. The maximum Gasteiger partial charge on any atom is 0.253 e. The second kappa shape index (κ2) is 8.01. The van der Waals surface area contributed by atoms with E-state index in [4.69, 9.17) is 0 Å². The van der Waals surface area contributed by atoms with Crippen molar-refractivity contribution in [2.75, 3.05) is 26.2 Å². The molecular formula is C22H31N3O2. The first-order chi connectivity index (χ1) is 13.2. The van der Waals surface area contributed by atoms with Gasteiger partial charge in [0.2, 0.25) is 5.91 Å². The topological polar surface area (TPSA) is 52.7 Å². The summed E-state index contributed by atoms with van der Waals surface area (Å²) in [5, 5.41) is 3.59. The molecule has 1 saturated carbocycles. The second-order valence-electron chi connectivity index (χ2n) is 8.27. The van der Waals surface area contributed by atoms with Gasteiger partial charge >= 0.3 is 0 Å². The molecule has 1 aromatic carbocycles. The number of aryl methyl sites for hydroxylation is 1. The second-order valence-corrected chi connectivity index (χ2v) is 8.27. The molecule has 0 aromatic heterocycles. The summed E-state index contributed by atoms with van der Waals surface area (Å²) in [7, 11) is 0. The van der Waals surface area contributed by atoms with Crippen LogP contribution in [0.3, 0.4) is 0 Å². The van der Waals surface area contributed by atoms with Crippen LogP contribution >= 0.6 is 0 Å². The molecule has 0 radical (unpaired) electrons. The zero-order chi connectivity index (χ0) is 18.8. The molecule has 3 atom stereocenters. The van der Waals surface area contributed by atoms with Crippen LogP contribution in [-0.2, 0) is 11.2 Å². The number of nitrogens with zero attached hydrogens (tertiary/aromatic N) is 2. The summed E-state index contributed by atoms with van der Waals surface area (Å²) in [6, 6.07) is 8.42. The third-order valence-corrected chi connectivity index (χ3v) is 6.65. The fourth-order valence-electron chi connectivity index (χ4n) is 4.93. The van der Waals surface area contributed by atoms with E-state index >= 15 is 0 Å². The molecule has 4 rings (SSSR count). The lowest BCUT2D eigenvalue weighted by atomic mass is 9.85. The molecule has 2 saturated heterocycles. The number of carbonyl (C=O) groups excluding carboxylic acids is 2. The standard InChI is InChI=1S/C22H31N3O2/c1-2-16-7-9-17(10-8-16)21(26)24-11-13-25(14-12-24)22(27)20-15-18-5-3-4-6-19(18)23-20/h7-10,18-20,23H,2-6,11-15H2,1H3. The van der Waals surface area contributed by atoms with Crippen molar-refractivity contribution in [3.05, 3.63) is 35.4 Å². The quantitative estimate of drug-likeness (QED) is 0.890. The highest BCUT2D eigenvalue weighted by molar-refractivity contribution is 5.94. The fraction of sp³-hybridized carbons (Fsp3) is 0.636. The normalized spacial score (nSPS) is 28.1. The van der Waals surface area contributed by atoms with Crippen molar-refractivity contribution in [1.29, 1.82) is 0 Å². The van der Waals surface area contributed by atoms with Gasteiger partial charge in [-0.2, -0.15) is 0 Å². The number of amides is 2. The first-order valence-corrected chi connectivity index (χ1v) is 10.6.